The van der Waals surface area contributed by atoms with Gasteiger partial charge in [-0.25, -0.2) is 0 Å². The normalized spacial score (nSPS) is 32.6. The second kappa shape index (κ2) is 10.3. The molecule has 0 spiro atoms. The standard InChI is InChI=1S/C26H36O8/c1-14-8-9-20-21(22(32-17(4)28)12-23-26(6,7)34-23)13-30-25(33-18(5)29)24(20)15(2)11-19(10-14)31-16(3)27/h10,13,19-20,22-25H,2,8-9,11-12H2,1,3-7H3/b14-10+/t19-,20+,22?,23?,24-,25+/m0/s1. The number of rotatable bonds is 6. The van der Waals surface area contributed by atoms with Gasteiger partial charge in [0, 0.05) is 45.1 Å². The molecule has 2 unspecified atom stereocenters. The van der Waals surface area contributed by atoms with Crippen molar-refractivity contribution in [3.63, 3.8) is 0 Å². The number of esters is 3. The van der Waals surface area contributed by atoms with E-state index < -0.39 is 36.4 Å². The van der Waals surface area contributed by atoms with Gasteiger partial charge in [-0.2, -0.15) is 0 Å². The number of hydrogen-bond donors (Lipinski definition) is 0. The van der Waals surface area contributed by atoms with Crippen LogP contribution in [0.15, 0.2) is 35.6 Å². The van der Waals surface area contributed by atoms with E-state index in [1.807, 2.05) is 26.8 Å². The molecule has 0 N–H and O–H groups in total. The van der Waals surface area contributed by atoms with Gasteiger partial charge in [0.25, 0.3) is 0 Å². The zero-order valence-corrected chi connectivity index (χ0v) is 20.9. The average molecular weight is 477 g/mol. The van der Waals surface area contributed by atoms with Gasteiger partial charge in [-0.15, -0.1) is 0 Å². The third-order valence-corrected chi connectivity index (χ3v) is 6.62. The van der Waals surface area contributed by atoms with Gasteiger partial charge in [-0.1, -0.05) is 17.7 Å². The van der Waals surface area contributed by atoms with Crippen LogP contribution in [0, 0.1) is 11.8 Å². The number of fused-ring (bicyclic) bond motifs is 1. The molecule has 8 nitrogen and oxygen atoms in total. The van der Waals surface area contributed by atoms with Crippen molar-refractivity contribution in [1.82, 2.24) is 0 Å². The maximum absolute atomic E-state index is 12.0. The van der Waals surface area contributed by atoms with E-state index in [1.165, 1.54) is 20.8 Å². The van der Waals surface area contributed by atoms with E-state index in [0.717, 1.165) is 16.7 Å². The summed E-state index contributed by atoms with van der Waals surface area (Å²) in [7, 11) is 0. The fraction of sp³-hybridized carbons (Fsp3) is 0.654. The summed E-state index contributed by atoms with van der Waals surface area (Å²) >= 11 is 0. The summed E-state index contributed by atoms with van der Waals surface area (Å²) in [6.45, 7) is 14.4. The molecule has 1 saturated heterocycles. The minimum absolute atomic E-state index is 0.0445. The van der Waals surface area contributed by atoms with Gasteiger partial charge in [0.05, 0.1) is 23.9 Å². The Labute approximate surface area is 201 Å². The number of ether oxygens (including phenoxy) is 5. The number of hydrogen-bond acceptors (Lipinski definition) is 8. The molecule has 0 amide bonds. The van der Waals surface area contributed by atoms with Crippen molar-refractivity contribution >= 4 is 17.9 Å². The lowest BCUT2D eigenvalue weighted by atomic mass is 9.74. The highest BCUT2D eigenvalue weighted by Crippen LogP contribution is 2.46. The van der Waals surface area contributed by atoms with Crippen molar-refractivity contribution in [2.24, 2.45) is 11.8 Å². The Balaban J connectivity index is 1.97. The summed E-state index contributed by atoms with van der Waals surface area (Å²) in [5, 5.41) is 0. The highest BCUT2D eigenvalue weighted by molar-refractivity contribution is 5.67. The van der Waals surface area contributed by atoms with E-state index in [9.17, 15) is 14.4 Å². The first kappa shape index (κ1) is 26.0. The predicted octanol–water partition coefficient (Wildman–Crippen LogP) is 4.14. The lowest BCUT2D eigenvalue weighted by Crippen LogP contribution is -2.42. The van der Waals surface area contributed by atoms with Gasteiger partial charge < -0.3 is 23.7 Å². The van der Waals surface area contributed by atoms with Crippen LogP contribution < -0.4 is 0 Å². The van der Waals surface area contributed by atoms with Crippen molar-refractivity contribution in [3.05, 3.63) is 35.6 Å². The molecule has 0 bridgehead atoms. The van der Waals surface area contributed by atoms with Crippen LogP contribution in [-0.2, 0) is 38.1 Å². The van der Waals surface area contributed by atoms with Gasteiger partial charge in [-0.05, 0) is 39.7 Å². The predicted molar refractivity (Wildman–Crippen MR) is 123 cm³/mol. The minimum Gasteiger partial charge on any atom is -0.462 e. The second-order valence-corrected chi connectivity index (χ2v) is 9.97. The Morgan fingerprint density at radius 3 is 2.35 bits per heavy atom. The van der Waals surface area contributed by atoms with Crippen molar-refractivity contribution in [1.29, 1.82) is 0 Å². The monoisotopic (exact) mass is 476 g/mol. The molecule has 34 heavy (non-hydrogen) atoms. The Morgan fingerprint density at radius 2 is 1.79 bits per heavy atom. The van der Waals surface area contributed by atoms with E-state index in [1.54, 1.807) is 6.26 Å². The molecular formula is C26H36O8. The first-order chi connectivity index (χ1) is 15.9. The number of carbonyl (C=O) groups excluding carboxylic acids is 3. The molecule has 6 atom stereocenters. The molecule has 8 heteroatoms. The maximum Gasteiger partial charge on any atom is 0.305 e. The molecule has 0 radical (unpaired) electrons. The van der Waals surface area contributed by atoms with Crippen LogP contribution >= 0.6 is 0 Å². The SMILES string of the molecule is C=C1C[C@@H](OC(C)=O)/C=C(\C)CC[C@@H]2C(C(CC3OC3(C)C)OC(C)=O)=CO[C@H](OC(C)=O)[C@@H]12. The first-order valence-electron chi connectivity index (χ1n) is 11.8. The summed E-state index contributed by atoms with van der Waals surface area (Å²) in [4.78, 5) is 35.5. The fourth-order valence-electron chi connectivity index (χ4n) is 4.95. The molecule has 0 aromatic heterocycles. The largest absolute Gasteiger partial charge is 0.462 e. The Morgan fingerprint density at radius 1 is 1.15 bits per heavy atom. The van der Waals surface area contributed by atoms with Gasteiger partial charge in [-0.3, -0.25) is 14.4 Å². The average Bonchev–Trinajstić information content (AvgIpc) is 3.27. The smallest absolute Gasteiger partial charge is 0.305 e. The van der Waals surface area contributed by atoms with Crippen LogP contribution in [0.1, 0.15) is 67.2 Å². The van der Waals surface area contributed by atoms with Crippen molar-refractivity contribution in [3.8, 4) is 0 Å². The lowest BCUT2D eigenvalue weighted by Gasteiger charge is -2.40. The van der Waals surface area contributed by atoms with Crippen LogP contribution in [-0.4, -0.2) is 48.1 Å². The van der Waals surface area contributed by atoms with E-state index in [2.05, 4.69) is 6.58 Å². The Bertz CT molecular complexity index is 898. The lowest BCUT2D eigenvalue weighted by molar-refractivity contribution is -0.181. The molecule has 0 aromatic rings. The zero-order valence-electron chi connectivity index (χ0n) is 20.9. The topological polar surface area (TPSA) is 101 Å². The fourth-order valence-corrected chi connectivity index (χ4v) is 4.95. The Kier molecular flexibility index (Phi) is 7.91. The van der Waals surface area contributed by atoms with E-state index >= 15 is 0 Å². The molecule has 0 saturated carbocycles. The van der Waals surface area contributed by atoms with Crippen LogP contribution in [0.5, 0.6) is 0 Å². The number of carbonyl (C=O) groups is 3. The van der Waals surface area contributed by atoms with E-state index in [4.69, 9.17) is 23.7 Å². The molecule has 1 aliphatic carbocycles. The summed E-state index contributed by atoms with van der Waals surface area (Å²) in [6.07, 6.45) is 3.86. The molecule has 1 fully saturated rings. The summed E-state index contributed by atoms with van der Waals surface area (Å²) < 4.78 is 28.5. The van der Waals surface area contributed by atoms with Gasteiger partial charge in [0.1, 0.15) is 12.2 Å². The molecule has 2 heterocycles. The van der Waals surface area contributed by atoms with Gasteiger partial charge in [0.2, 0.25) is 6.29 Å². The summed E-state index contributed by atoms with van der Waals surface area (Å²) in [5.74, 6) is -1.79. The van der Waals surface area contributed by atoms with E-state index in [0.29, 0.717) is 25.7 Å². The molecule has 0 aromatic carbocycles. The summed E-state index contributed by atoms with van der Waals surface area (Å²) in [6, 6.07) is 0. The number of allylic oxidation sites excluding steroid dienone is 1. The van der Waals surface area contributed by atoms with Crippen molar-refractivity contribution in [2.45, 2.75) is 97.4 Å². The van der Waals surface area contributed by atoms with Crippen LogP contribution in [0.2, 0.25) is 0 Å². The third kappa shape index (κ3) is 6.50. The minimum atomic E-state index is -0.873. The molecule has 2 aliphatic heterocycles. The zero-order chi connectivity index (χ0) is 25.2. The van der Waals surface area contributed by atoms with Crippen molar-refractivity contribution in [2.75, 3.05) is 0 Å². The first-order valence-corrected chi connectivity index (χ1v) is 11.8. The van der Waals surface area contributed by atoms with Gasteiger partial charge >= 0.3 is 17.9 Å². The quantitative estimate of drug-likeness (QED) is 0.244. The highest BCUT2D eigenvalue weighted by atomic mass is 16.7. The van der Waals surface area contributed by atoms with Crippen LogP contribution in [0.25, 0.3) is 0 Å². The highest BCUT2D eigenvalue weighted by Gasteiger charge is 2.51. The number of epoxide rings is 1. The maximum atomic E-state index is 12.0. The van der Waals surface area contributed by atoms with Crippen molar-refractivity contribution < 1.29 is 38.1 Å². The molecule has 188 valence electrons. The molecule has 3 rings (SSSR count). The van der Waals surface area contributed by atoms with Gasteiger partial charge in [0.15, 0.2) is 0 Å². The van der Waals surface area contributed by atoms with Crippen LogP contribution in [0.4, 0.5) is 0 Å². The summed E-state index contributed by atoms with van der Waals surface area (Å²) in [5.41, 5.74) is 2.36. The van der Waals surface area contributed by atoms with Crippen LogP contribution in [0.3, 0.4) is 0 Å². The third-order valence-electron chi connectivity index (χ3n) is 6.62. The second-order valence-electron chi connectivity index (χ2n) is 9.97. The molecular weight excluding hydrogens is 440 g/mol. The van der Waals surface area contributed by atoms with E-state index in [-0.39, 0.29) is 23.6 Å². The molecule has 3 aliphatic rings. The Hall–Kier alpha value is -2.61.